The minimum Gasteiger partial charge on any atom is -0.480 e. The smallest absolute Gasteiger partial charge is 0.319 e. The molecule has 0 unspecified atom stereocenters. The molecule has 0 bridgehead atoms. The second kappa shape index (κ2) is 4.99. The van der Waals surface area contributed by atoms with Gasteiger partial charge in [0.25, 0.3) is 0 Å². The molecular formula is C13H24O2S. The van der Waals surface area contributed by atoms with Crippen molar-refractivity contribution in [2.45, 2.75) is 58.1 Å². The number of thioether (sulfide) groups is 1. The van der Waals surface area contributed by atoms with Crippen molar-refractivity contribution in [3.63, 3.8) is 0 Å². The van der Waals surface area contributed by atoms with E-state index in [9.17, 15) is 9.90 Å². The standard InChI is InChI=1S/C13H24O2S/c1-5-16-13(11(14)15)8-6-10(7-9-13)12(2,3)4/h10H,5-9H2,1-4H3,(H,14,15). The summed E-state index contributed by atoms with van der Waals surface area (Å²) in [5.41, 5.74) is 0.321. The number of carboxylic acid groups (broad SMARTS) is 1. The molecular weight excluding hydrogens is 220 g/mol. The number of hydrogen-bond acceptors (Lipinski definition) is 2. The number of aliphatic carboxylic acids is 1. The maximum atomic E-state index is 11.4. The first-order valence-corrected chi connectivity index (χ1v) is 7.18. The SMILES string of the molecule is CCSC1(C(=O)O)CCC(C(C)(C)C)CC1. The van der Waals surface area contributed by atoms with Crippen LogP contribution in [0.4, 0.5) is 0 Å². The maximum absolute atomic E-state index is 11.4. The Balaban J connectivity index is 2.67. The molecule has 0 aromatic carbocycles. The molecule has 1 N–H and O–H groups in total. The lowest BCUT2D eigenvalue weighted by Gasteiger charge is -2.41. The molecule has 0 aromatic rings. The normalized spacial score (nSPS) is 31.4. The molecule has 0 aliphatic heterocycles. The fraction of sp³-hybridized carbons (Fsp3) is 0.923. The van der Waals surface area contributed by atoms with E-state index in [2.05, 4.69) is 20.8 Å². The lowest BCUT2D eigenvalue weighted by Crippen LogP contribution is -2.41. The Morgan fingerprint density at radius 2 is 1.88 bits per heavy atom. The Kier molecular flexibility index (Phi) is 4.33. The van der Waals surface area contributed by atoms with E-state index < -0.39 is 10.7 Å². The van der Waals surface area contributed by atoms with Crippen molar-refractivity contribution in [3.05, 3.63) is 0 Å². The van der Waals surface area contributed by atoms with Crippen molar-refractivity contribution in [2.75, 3.05) is 5.75 Å². The summed E-state index contributed by atoms with van der Waals surface area (Å²) in [5.74, 6) is 0.969. The molecule has 94 valence electrons. The molecule has 0 saturated heterocycles. The summed E-state index contributed by atoms with van der Waals surface area (Å²) in [6, 6.07) is 0. The summed E-state index contributed by atoms with van der Waals surface area (Å²) in [5, 5.41) is 9.39. The topological polar surface area (TPSA) is 37.3 Å². The van der Waals surface area contributed by atoms with E-state index in [-0.39, 0.29) is 0 Å². The fourth-order valence-electron chi connectivity index (χ4n) is 2.65. The van der Waals surface area contributed by atoms with Crippen molar-refractivity contribution >= 4 is 17.7 Å². The van der Waals surface area contributed by atoms with Gasteiger partial charge in [0, 0.05) is 0 Å². The highest BCUT2D eigenvalue weighted by Crippen LogP contribution is 2.47. The first-order valence-electron chi connectivity index (χ1n) is 6.19. The Hall–Kier alpha value is -0.180. The van der Waals surface area contributed by atoms with Crippen LogP contribution in [-0.2, 0) is 4.79 Å². The first kappa shape index (κ1) is 13.9. The zero-order chi connectivity index (χ0) is 12.4. The van der Waals surface area contributed by atoms with Crippen LogP contribution in [0.5, 0.6) is 0 Å². The van der Waals surface area contributed by atoms with Gasteiger partial charge in [0.05, 0.1) is 0 Å². The largest absolute Gasteiger partial charge is 0.480 e. The number of carbonyl (C=O) groups is 1. The summed E-state index contributed by atoms with van der Waals surface area (Å²) in [4.78, 5) is 11.4. The predicted octanol–water partition coefficient (Wildman–Crippen LogP) is 3.80. The minimum absolute atomic E-state index is 0.321. The van der Waals surface area contributed by atoms with Crippen molar-refractivity contribution in [2.24, 2.45) is 11.3 Å². The number of rotatable bonds is 3. The molecule has 3 heteroatoms. The number of carboxylic acids is 1. The molecule has 0 heterocycles. The van der Waals surface area contributed by atoms with Crippen LogP contribution < -0.4 is 0 Å². The summed E-state index contributed by atoms with van der Waals surface area (Å²) in [6.45, 7) is 8.83. The molecule has 0 atom stereocenters. The van der Waals surface area contributed by atoms with Crippen LogP contribution in [0.15, 0.2) is 0 Å². The van der Waals surface area contributed by atoms with E-state index in [0.717, 1.165) is 31.4 Å². The summed E-state index contributed by atoms with van der Waals surface area (Å²) in [6.07, 6.45) is 3.79. The van der Waals surface area contributed by atoms with Crippen LogP contribution in [0.3, 0.4) is 0 Å². The zero-order valence-electron chi connectivity index (χ0n) is 10.9. The Labute approximate surface area is 103 Å². The fourth-order valence-corrected chi connectivity index (χ4v) is 3.85. The van der Waals surface area contributed by atoms with Crippen molar-refractivity contribution in [1.82, 2.24) is 0 Å². The van der Waals surface area contributed by atoms with Gasteiger partial charge in [-0.3, -0.25) is 4.79 Å². The second-order valence-electron chi connectivity index (χ2n) is 5.87. The first-order chi connectivity index (χ1) is 7.32. The van der Waals surface area contributed by atoms with Crippen molar-refractivity contribution in [3.8, 4) is 0 Å². The van der Waals surface area contributed by atoms with Gasteiger partial charge in [-0.15, -0.1) is 11.8 Å². The van der Waals surface area contributed by atoms with E-state index in [0.29, 0.717) is 11.3 Å². The lowest BCUT2D eigenvalue weighted by molar-refractivity contribution is -0.141. The van der Waals surface area contributed by atoms with E-state index in [1.807, 2.05) is 6.92 Å². The van der Waals surface area contributed by atoms with Gasteiger partial charge in [-0.2, -0.15) is 0 Å². The van der Waals surface area contributed by atoms with Crippen molar-refractivity contribution in [1.29, 1.82) is 0 Å². The summed E-state index contributed by atoms with van der Waals surface area (Å²) >= 11 is 1.62. The molecule has 1 aliphatic rings. The van der Waals surface area contributed by atoms with Crippen LogP contribution in [0, 0.1) is 11.3 Å². The third-order valence-corrected chi connectivity index (χ3v) is 5.25. The van der Waals surface area contributed by atoms with Crippen LogP contribution >= 0.6 is 11.8 Å². The molecule has 0 amide bonds. The van der Waals surface area contributed by atoms with Gasteiger partial charge in [-0.1, -0.05) is 27.7 Å². The highest BCUT2D eigenvalue weighted by atomic mass is 32.2. The van der Waals surface area contributed by atoms with Crippen LogP contribution in [0.1, 0.15) is 53.4 Å². The molecule has 0 radical (unpaired) electrons. The van der Waals surface area contributed by atoms with E-state index in [4.69, 9.17) is 0 Å². The molecule has 1 saturated carbocycles. The predicted molar refractivity (Wildman–Crippen MR) is 69.9 cm³/mol. The average molecular weight is 244 g/mol. The zero-order valence-corrected chi connectivity index (χ0v) is 11.7. The minimum atomic E-state index is -0.605. The van der Waals surface area contributed by atoms with Gasteiger partial charge in [-0.25, -0.2) is 0 Å². The van der Waals surface area contributed by atoms with Crippen molar-refractivity contribution < 1.29 is 9.90 Å². The lowest BCUT2D eigenvalue weighted by atomic mass is 9.69. The van der Waals surface area contributed by atoms with Gasteiger partial charge < -0.3 is 5.11 Å². The molecule has 1 fully saturated rings. The average Bonchev–Trinajstić information content (AvgIpc) is 2.17. The van der Waals surface area contributed by atoms with Crippen LogP contribution in [0.25, 0.3) is 0 Å². The molecule has 1 aliphatic carbocycles. The Morgan fingerprint density at radius 1 is 1.38 bits per heavy atom. The summed E-state index contributed by atoms with van der Waals surface area (Å²) in [7, 11) is 0. The third kappa shape index (κ3) is 2.93. The molecule has 2 nitrogen and oxygen atoms in total. The van der Waals surface area contributed by atoms with E-state index >= 15 is 0 Å². The molecule has 0 aromatic heterocycles. The number of hydrogen-bond donors (Lipinski definition) is 1. The molecule has 0 spiro atoms. The molecule has 16 heavy (non-hydrogen) atoms. The highest BCUT2D eigenvalue weighted by Gasteiger charge is 2.44. The molecule has 1 rings (SSSR count). The highest BCUT2D eigenvalue weighted by molar-refractivity contribution is 8.01. The van der Waals surface area contributed by atoms with Crippen LogP contribution in [-0.4, -0.2) is 21.6 Å². The van der Waals surface area contributed by atoms with Gasteiger partial charge >= 0.3 is 5.97 Å². The Morgan fingerprint density at radius 3 is 2.19 bits per heavy atom. The van der Waals surface area contributed by atoms with E-state index in [1.165, 1.54) is 0 Å². The quantitative estimate of drug-likeness (QED) is 0.820. The second-order valence-corrected chi connectivity index (χ2v) is 7.52. The van der Waals surface area contributed by atoms with Gasteiger partial charge in [-0.05, 0) is 42.8 Å². The maximum Gasteiger partial charge on any atom is 0.319 e. The monoisotopic (exact) mass is 244 g/mol. The van der Waals surface area contributed by atoms with Gasteiger partial charge in [0.15, 0.2) is 0 Å². The summed E-state index contributed by atoms with van der Waals surface area (Å²) < 4.78 is -0.490. The third-order valence-electron chi connectivity index (χ3n) is 3.83. The van der Waals surface area contributed by atoms with E-state index in [1.54, 1.807) is 11.8 Å². The van der Waals surface area contributed by atoms with Crippen LogP contribution in [0.2, 0.25) is 0 Å². The Bertz CT molecular complexity index is 247. The van der Waals surface area contributed by atoms with Gasteiger partial charge in [0.1, 0.15) is 4.75 Å². The van der Waals surface area contributed by atoms with Gasteiger partial charge in [0.2, 0.25) is 0 Å².